The van der Waals surface area contributed by atoms with Crippen LogP contribution in [-0.2, 0) is 16.0 Å². The lowest BCUT2D eigenvalue weighted by molar-refractivity contribution is -0.140. The van der Waals surface area contributed by atoms with E-state index in [2.05, 4.69) is 4.98 Å². The second-order valence-electron chi connectivity index (χ2n) is 7.16. The Bertz CT molecular complexity index is 1070. The molecule has 0 atom stereocenters. The number of benzene rings is 2. The maximum Gasteiger partial charge on any atom is 0.260 e. The van der Waals surface area contributed by atoms with Crippen LogP contribution >= 0.6 is 23.2 Å². The summed E-state index contributed by atoms with van der Waals surface area (Å²) in [5.74, 6) is 0.300. The number of aromatic nitrogens is 1. The van der Waals surface area contributed by atoms with Gasteiger partial charge in [0.2, 0.25) is 5.91 Å². The third kappa shape index (κ3) is 4.55. The van der Waals surface area contributed by atoms with E-state index in [4.69, 9.17) is 27.9 Å². The average Bonchev–Trinajstić information content (AvgIpc) is 3.17. The smallest absolute Gasteiger partial charge is 0.260 e. The zero-order chi connectivity index (χ0) is 21.1. The lowest BCUT2D eigenvalue weighted by Crippen LogP contribution is -2.52. The molecule has 8 heteroatoms. The number of hydrogen-bond donors (Lipinski definition) is 1. The molecule has 156 valence electrons. The maximum absolute atomic E-state index is 12.7. The van der Waals surface area contributed by atoms with Crippen LogP contribution in [0.25, 0.3) is 10.9 Å². The van der Waals surface area contributed by atoms with Crippen molar-refractivity contribution in [2.75, 3.05) is 32.8 Å². The van der Waals surface area contributed by atoms with Gasteiger partial charge in [-0.3, -0.25) is 9.59 Å². The highest BCUT2D eigenvalue weighted by Crippen LogP contribution is 2.27. The molecular weight excluding hydrogens is 425 g/mol. The van der Waals surface area contributed by atoms with Gasteiger partial charge >= 0.3 is 0 Å². The minimum Gasteiger partial charge on any atom is -0.482 e. The summed E-state index contributed by atoms with van der Waals surface area (Å²) in [6.07, 6.45) is 2.23. The SMILES string of the molecule is O=C(COc1cc(Cl)ccc1Cl)N1CCN(C(=O)Cc2c[nH]c3ccccc23)CC1. The minimum absolute atomic E-state index is 0.0637. The molecule has 1 aromatic heterocycles. The van der Waals surface area contributed by atoms with Gasteiger partial charge in [0.25, 0.3) is 5.91 Å². The van der Waals surface area contributed by atoms with E-state index in [0.717, 1.165) is 16.5 Å². The fourth-order valence-electron chi connectivity index (χ4n) is 3.58. The number of nitrogens with zero attached hydrogens (tertiary/aromatic N) is 2. The van der Waals surface area contributed by atoms with Gasteiger partial charge in [-0.1, -0.05) is 41.4 Å². The first kappa shape index (κ1) is 20.6. The monoisotopic (exact) mass is 445 g/mol. The van der Waals surface area contributed by atoms with Gasteiger partial charge in [-0.05, 0) is 23.8 Å². The third-order valence-electron chi connectivity index (χ3n) is 5.25. The van der Waals surface area contributed by atoms with Crippen molar-refractivity contribution in [3.63, 3.8) is 0 Å². The van der Waals surface area contributed by atoms with Crippen LogP contribution in [0.15, 0.2) is 48.7 Å². The Labute approximate surface area is 184 Å². The highest BCUT2D eigenvalue weighted by molar-refractivity contribution is 6.34. The Kier molecular flexibility index (Phi) is 6.16. The third-order valence-corrected chi connectivity index (χ3v) is 5.79. The molecule has 0 radical (unpaired) electrons. The molecule has 1 aliphatic rings. The van der Waals surface area contributed by atoms with Crippen LogP contribution in [0.4, 0.5) is 0 Å². The summed E-state index contributed by atoms with van der Waals surface area (Å²) in [4.78, 5) is 31.9. The standard InChI is InChI=1S/C22H21Cl2N3O3/c23-16-5-6-18(24)20(12-16)30-14-22(29)27-9-7-26(8-10-27)21(28)11-15-13-25-19-4-2-1-3-17(15)19/h1-6,12-13,25H,7-11,14H2. The van der Waals surface area contributed by atoms with Crippen LogP contribution in [-0.4, -0.2) is 59.4 Å². The zero-order valence-electron chi connectivity index (χ0n) is 16.2. The van der Waals surface area contributed by atoms with Gasteiger partial charge in [0, 0.05) is 54.4 Å². The highest BCUT2D eigenvalue weighted by atomic mass is 35.5. The zero-order valence-corrected chi connectivity index (χ0v) is 17.7. The van der Waals surface area contributed by atoms with Gasteiger partial charge in [-0.15, -0.1) is 0 Å². The van der Waals surface area contributed by atoms with Gasteiger partial charge in [-0.2, -0.15) is 0 Å². The quantitative estimate of drug-likeness (QED) is 0.649. The van der Waals surface area contributed by atoms with E-state index in [1.165, 1.54) is 0 Å². The summed E-state index contributed by atoms with van der Waals surface area (Å²) in [5.41, 5.74) is 2.01. The summed E-state index contributed by atoms with van der Waals surface area (Å²) in [6.45, 7) is 1.84. The van der Waals surface area contributed by atoms with Crippen LogP contribution in [0.2, 0.25) is 10.0 Å². The first-order chi connectivity index (χ1) is 14.5. The van der Waals surface area contributed by atoms with Crippen molar-refractivity contribution in [2.24, 2.45) is 0 Å². The van der Waals surface area contributed by atoms with E-state index in [9.17, 15) is 9.59 Å². The fourth-order valence-corrected chi connectivity index (χ4v) is 3.91. The molecule has 2 heterocycles. The molecule has 2 amide bonds. The summed E-state index contributed by atoms with van der Waals surface area (Å²) < 4.78 is 5.53. The molecule has 0 unspecified atom stereocenters. The lowest BCUT2D eigenvalue weighted by Gasteiger charge is -2.34. The Morgan fingerprint density at radius 3 is 2.43 bits per heavy atom. The normalized spacial score (nSPS) is 14.2. The summed E-state index contributed by atoms with van der Waals surface area (Å²) >= 11 is 12.0. The van der Waals surface area contributed by atoms with E-state index >= 15 is 0 Å². The van der Waals surface area contributed by atoms with Gasteiger partial charge in [0.1, 0.15) is 5.75 Å². The molecule has 2 aromatic carbocycles. The number of ether oxygens (including phenoxy) is 1. The number of H-pyrrole nitrogens is 1. The first-order valence-electron chi connectivity index (χ1n) is 9.69. The fraction of sp³-hybridized carbons (Fsp3) is 0.273. The van der Waals surface area contributed by atoms with Crippen LogP contribution in [0.3, 0.4) is 0 Å². The summed E-state index contributed by atoms with van der Waals surface area (Å²) in [5, 5.41) is 1.96. The Balaban J connectivity index is 1.28. The van der Waals surface area contributed by atoms with Crippen LogP contribution in [0.1, 0.15) is 5.56 Å². The van der Waals surface area contributed by atoms with Crippen molar-refractivity contribution in [3.8, 4) is 5.75 Å². The highest BCUT2D eigenvalue weighted by Gasteiger charge is 2.25. The van der Waals surface area contributed by atoms with Gasteiger partial charge in [0.15, 0.2) is 6.61 Å². The van der Waals surface area contributed by atoms with Crippen molar-refractivity contribution < 1.29 is 14.3 Å². The molecule has 0 bridgehead atoms. The maximum atomic E-state index is 12.7. The number of hydrogen-bond acceptors (Lipinski definition) is 3. The number of rotatable bonds is 5. The molecule has 3 aromatic rings. The van der Waals surface area contributed by atoms with E-state index in [-0.39, 0.29) is 18.4 Å². The molecule has 1 saturated heterocycles. The molecule has 1 fully saturated rings. The van der Waals surface area contributed by atoms with E-state index in [0.29, 0.717) is 48.4 Å². The second-order valence-corrected chi connectivity index (χ2v) is 8.00. The second kappa shape index (κ2) is 8.98. The largest absolute Gasteiger partial charge is 0.482 e. The van der Waals surface area contributed by atoms with Gasteiger partial charge in [-0.25, -0.2) is 0 Å². The number of nitrogens with one attached hydrogen (secondary N) is 1. The molecule has 1 N–H and O–H groups in total. The van der Waals surface area contributed by atoms with E-state index in [1.54, 1.807) is 28.0 Å². The number of halogens is 2. The molecule has 1 aliphatic heterocycles. The molecule has 4 rings (SSSR count). The predicted octanol–water partition coefficient (Wildman–Crippen LogP) is 3.77. The van der Waals surface area contributed by atoms with Crippen LogP contribution in [0, 0.1) is 0 Å². The topological polar surface area (TPSA) is 65.6 Å². The van der Waals surface area contributed by atoms with Crippen molar-refractivity contribution in [1.82, 2.24) is 14.8 Å². The number of carbonyl (C=O) groups excluding carboxylic acids is 2. The lowest BCUT2D eigenvalue weighted by atomic mass is 10.1. The minimum atomic E-state index is -0.144. The van der Waals surface area contributed by atoms with E-state index in [1.807, 2.05) is 30.5 Å². The number of fused-ring (bicyclic) bond motifs is 1. The van der Waals surface area contributed by atoms with Crippen LogP contribution in [0.5, 0.6) is 5.75 Å². The van der Waals surface area contributed by atoms with Crippen molar-refractivity contribution >= 4 is 45.9 Å². The van der Waals surface area contributed by atoms with Crippen LogP contribution < -0.4 is 4.74 Å². The molecular formula is C22H21Cl2N3O3. The number of piperazine rings is 1. The Hall–Kier alpha value is -2.70. The van der Waals surface area contributed by atoms with E-state index < -0.39 is 0 Å². The van der Waals surface area contributed by atoms with Gasteiger partial charge < -0.3 is 19.5 Å². The first-order valence-corrected chi connectivity index (χ1v) is 10.5. The van der Waals surface area contributed by atoms with Crippen molar-refractivity contribution in [3.05, 3.63) is 64.3 Å². The molecule has 0 aliphatic carbocycles. The molecule has 30 heavy (non-hydrogen) atoms. The number of para-hydroxylation sites is 1. The Morgan fingerprint density at radius 1 is 0.967 bits per heavy atom. The van der Waals surface area contributed by atoms with Crippen molar-refractivity contribution in [1.29, 1.82) is 0 Å². The number of amides is 2. The van der Waals surface area contributed by atoms with Gasteiger partial charge in [0.05, 0.1) is 11.4 Å². The Morgan fingerprint density at radius 2 is 1.67 bits per heavy atom. The summed E-state index contributed by atoms with van der Waals surface area (Å²) in [6, 6.07) is 12.8. The molecule has 0 saturated carbocycles. The molecule has 0 spiro atoms. The number of carbonyl (C=O) groups is 2. The average molecular weight is 446 g/mol. The van der Waals surface area contributed by atoms with Crippen molar-refractivity contribution in [2.45, 2.75) is 6.42 Å². The predicted molar refractivity (Wildman–Crippen MR) is 117 cm³/mol. The number of aromatic amines is 1. The summed E-state index contributed by atoms with van der Waals surface area (Å²) in [7, 11) is 0. The molecule has 6 nitrogen and oxygen atoms in total.